The highest BCUT2D eigenvalue weighted by atomic mass is 35.5. The van der Waals surface area contributed by atoms with Crippen LogP contribution >= 0.6 is 23.2 Å². The molecule has 10 heteroatoms. The molecule has 0 aliphatic carbocycles. The summed E-state index contributed by atoms with van der Waals surface area (Å²) in [6.07, 6.45) is 1.05. The van der Waals surface area contributed by atoms with Gasteiger partial charge in [-0.3, -0.25) is 14.2 Å². The zero-order valence-electron chi connectivity index (χ0n) is 17.7. The number of ether oxygens (including phenoxy) is 1. The molecule has 0 saturated carbocycles. The van der Waals surface area contributed by atoms with Crippen molar-refractivity contribution in [2.45, 2.75) is 0 Å². The fourth-order valence-electron chi connectivity index (χ4n) is 2.81. The van der Waals surface area contributed by atoms with Gasteiger partial charge in [0.15, 0.2) is 11.5 Å². The molecule has 2 amide bonds. The Morgan fingerprint density at radius 3 is 2.31 bits per heavy atom. The fourth-order valence-corrected chi connectivity index (χ4v) is 3.16. The highest BCUT2D eigenvalue weighted by Gasteiger charge is 2.28. The normalized spacial score (nSPS) is 10.0. The summed E-state index contributed by atoms with van der Waals surface area (Å²) in [5.41, 5.74) is 1.23. The molecule has 1 aromatic heterocycles. The van der Waals surface area contributed by atoms with Crippen molar-refractivity contribution in [1.82, 2.24) is 14.5 Å². The summed E-state index contributed by atoms with van der Waals surface area (Å²) in [7, 11) is 4.73. The lowest BCUT2D eigenvalue weighted by molar-refractivity contribution is -0.108. The number of rotatable bonds is 7. The second-order valence-corrected chi connectivity index (χ2v) is 7.29. The van der Waals surface area contributed by atoms with Crippen molar-refractivity contribution in [3.8, 4) is 17.1 Å². The second-order valence-electron chi connectivity index (χ2n) is 6.45. The summed E-state index contributed by atoms with van der Waals surface area (Å²) in [5, 5.41) is 3.41. The maximum absolute atomic E-state index is 13.1. The van der Waals surface area contributed by atoms with Gasteiger partial charge in [0, 0.05) is 37.5 Å². The monoisotopic (exact) mass is 476 g/mol. The molecule has 8 nitrogen and oxygen atoms in total. The lowest BCUT2D eigenvalue weighted by Crippen LogP contribution is -2.30. The van der Waals surface area contributed by atoms with Crippen LogP contribution in [0.4, 0.5) is 5.82 Å². The van der Waals surface area contributed by atoms with Crippen molar-refractivity contribution < 1.29 is 19.1 Å². The molecular formula is C22H22Cl2N4O4. The Bertz CT molecular complexity index is 1080. The predicted molar refractivity (Wildman–Crippen MR) is 125 cm³/mol. The summed E-state index contributed by atoms with van der Waals surface area (Å²) in [6.45, 7) is -0.118. The quantitative estimate of drug-likeness (QED) is 0.521. The number of aldehydes is 1. The van der Waals surface area contributed by atoms with Crippen LogP contribution in [-0.2, 0) is 14.3 Å². The number of likely N-dealkylation sites (N-methyl/N-ethyl adjacent to an activating group) is 1. The zero-order valence-corrected chi connectivity index (χ0v) is 19.2. The zero-order chi connectivity index (χ0) is 23.7. The number of anilines is 1. The average molecular weight is 477 g/mol. The van der Waals surface area contributed by atoms with Gasteiger partial charge in [-0.05, 0) is 36.4 Å². The van der Waals surface area contributed by atoms with Crippen molar-refractivity contribution in [3.05, 3.63) is 64.3 Å². The number of amides is 2. The van der Waals surface area contributed by atoms with Gasteiger partial charge in [0.05, 0.1) is 11.6 Å². The van der Waals surface area contributed by atoms with E-state index in [-0.39, 0.29) is 18.1 Å². The molecule has 0 spiro atoms. The largest absolute Gasteiger partial charge is 0.388 e. The minimum Gasteiger partial charge on any atom is -0.388 e. The SMILES string of the molecule is CN(CC=O)C(=O)c1c(NC=O)nc(-c2ccccc2Cl)n1-c1ccc(Cl)cc1.COC. The van der Waals surface area contributed by atoms with Crippen LogP contribution in [0, 0.1) is 0 Å². The van der Waals surface area contributed by atoms with Gasteiger partial charge in [-0.25, -0.2) is 4.98 Å². The molecule has 1 heterocycles. The van der Waals surface area contributed by atoms with Crippen molar-refractivity contribution in [3.63, 3.8) is 0 Å². The van der Waals surface area contributed by atoms with E-state index in [0.717, 1.165) is 0 Å². The van der Waals surface area contributed by atoms with Crippen LogP contribution in [-0.4, -0.2) is 60.9 Å². The summed E-state index contributed by atoms with van der Waals surface area (Å²) in [6, 6.07) is 13.8. The Morgan fingerprint density at radius 2 is 1.75 bits per heavy atom. The van der Waals surface area contributed by atoms with Crippen molar-refractivity contribution in [1.29, 1.82) is 0 Å². The van der Waals surface area contributed by atoms with E-state index < -0.39 is 5.91 Å². The Kier molecular flexibility index (Phi) is 9.39. The third kappa shape index (κ3) is 5.73. The summed E-state index contributed by atoms with van der Waals surface area (Å²) in [5.74, 6) is -0.0973. The van der Waals surface area contributed by atoms with Gasteiger partial charge in [0.1, 0.15) is 12.1 Å². The number of hydrogen-bond acceptors (Lipinski definition) is 5. The predicted octanol–water partition coefficient (Wildman–Crippen LogP) is 3.95. The van der Waals surface area contributed by atoms with E-state index >= 15 is 0 Å². The Morgan fingerprint density at radius 1 is 1.12 bits per heavy atom. The van der Waals surface area contributed by atoms with Gasteiger partial charge in [-0.15, -0.1) is 0 Å². The maximum atomic E-state index is 13.1. The van der Waals surface area contributed by atoms with Gasteiger partial charge < -0.3 is 19.7 Å². The molecule has 0 aliphatic heterocycles. The van der Waals surface area contributed by atoms with Gasteiger partial charge in [0.2, 0.25) is 6.41 Å². The number of nitrogens with one attached hydrogen (secondary N) is 1. The lowest BCUT2D eigenvalue weighted by Gasteiger charge is -2.17. The van der Waals surface area contributed by atoms with Crippen LogP contribution in [0.1, 0.15) is 10.5 Å². The van der Waals surface area contributed by atoms with E-state index in [4.69, 9.17) is 23.2 Å². The standard InChI is InChI=1S/C20H16Cl2N4O3.C2H6O/c1-25(10-11-27)20(29)17-18(23-12-28)24-19(15-4-2-3-5-16(15)22)26(17)14-8-6-13(21)7-9-14;1-3-2/h2-9,11-12H,10H2,1H3,(H,23,28);1-2H3. The van der Waals surface area contributed by atoms with Crippen LogP contribution in [0.15, 0.2) is 48.5 Å². The van der Waals surface area contributed by atoms with E-state index in [0.29, 0.717) is 39.8 Å². The third-order valence-corrected chi connectivity index (χ3v) is 4.75. The molecule has 0 unspecified atom stereocenters. The maximum Gasteiger partial charge on any atom is 0.274 e. The average Bonchev–Trinajstić information content (AvgIpc) is 3.14. The Labute approximate surface area is 195 Å². The second kappa shape index (κ2) is 12.0. The van der Waals surface area contributed by atoms with E-state index in [1.165, 1.54) is 11.9 Å². The molecule has 168 valence electrons. The van der Waals surface area contributed by atoms with Crippen LogP contribution in [0.25, 0.3) is 17.1 Å². The first kappa shape index (κ1) is 25.1. The van der Waals surface area contributed by atoms with Crippen molar-refractivity contribution >= 4 is 47.6 Å². The summed E-state index contributed by atoms with van der Waals surface area (Å²) < 4.78 is 5.83. The first-order chi connectivity index (χ1) is 15.4. The molecule has 1 N–H and O–H groups in total. The fraction of sp³-hybridized carbons (Fsp3) is 0.182. The van der Waals surface area contributed by atoms with Gasteiger partial charge >= 0.3 is 0 Å². The number of methoxy groups -OCH3 is 1. The molecule has 0 fully saturated rings. The number of imidazole rings is 1. The number of halogens is 2. The highest BCUT2D eigenvalue weighted by molar-refractivity contribution is 6.33. The smallest absolute Gasteiger partial charge is 0.274 e. The van der Waals surface area contributed by atoms with Crippen molar-refractivity contribution in [2.24, 2.45) is 0 Å². The number of carbonyl (C=O) groups excluding carboxylic acids is 3. The molecule has 0 aliphatic rings. The van der Waals surface area contributed by atoms with E-state index in [9.17, 15) is 14.4 Å². The van der Waals surface area contributed by atoms with Gasteiger partial charge in [-0.2, -0.15) is 0 Å². The first-order valence-electron chi connectivity index (χ1n) is 9.32. The molecular weight excluding hydrogens is 455 g/mol. The number of carbonyl (C=O) groups is 3. The minimum atomic E-state index is -0.498. The van der Waals surface area contributed by atoms with E-state index in [1.807, 2.05) is 0 Å². The minimum absolute atomic E-state index is 0.0487. The highest BCUT2D eigenvalue weighted by Crippen LogP contribution is 2.34. The van der Waals surface area contributed by atoms with Crippen molar-refractivity contribution in [2.75, 3.05) is 33.1 Å². The number of hydrogen-bond donors (Lipinski definition) is 1. The topological polar surface area (TPSA) is 93.5 Å². The molecule has 3 aromatic rings. The van der Waals surface area contributed by atoms with Crippen LogP contribution in [0.5, 0.6) is 0 Å². The molecule has 0 radical (unpaired) electrons. The van der Waals surface area contributed by atoms with E-state index in [2.05, 4.69) is 15.0 Å². The lowest BCUT2D eigenvalue weighted by atomic mass is 10.2. The molecule has 0 atom stereocenters. The Hall–Kier alpha value is -3.20. The molecule has 3 rings (SSSR count). The Balaban J connectivity index is 0.00000114. The summed E-state index contributed by atoms with van der Waals surface area (Å²) in [4.78, 5) is 40.9. The number of aromatic nitrogens is 2. The first-order valence-corrected chi connectivity index (χ1v) is 10.1. The van der Waals surface area contributed by atoms with E-state index in [1.54, 1.807) is 67.3 Å². The number of nitrogens with zero attached hydrogens (tertiary/aromatic N) is 3. The van der Waals surface area contributed by atoms with Crippen LogP contribution in [0.3, 0.4) is 0 Å². The molecule has 2 aromatic carbocycles. The molecule has 0 saturated heterocycles. The van der Waals surface area contributed by atoms with Crippen LogP contribution in [0.2, 0.25) is 10.0 Å². The van der Waals surface area contributed by atoms with Gasteiger partial charge in [0.25, 0.3) is 5.91 Å². The third-order valence-electron chi connectivity index (χ3n) is 4.17. The van der Waals surface area contributed by atoms with Gasteiger partial charge in [-0.1, -0.05) is 35.3 Å². The molecule has 32 heavy (non-hydrogen) atoms. The summed E-state index contributed by atoms with van der Waals surface area (Å²) >= 11 is 12.4. The number of benzene rings is 2. The molecule has 0 bridgehead atoms. The van der Waals surface area contributed by atoms with Crippen LogP contribution < -0.4 is 5.32 Å².